The van der Waals surface area contributed by atoms with Crippen LogP contribution in [0.4, 0.5) is 0 Å². The molecule has 0 spiro atoms. The highest BCUT2D eigenvalue weighted by Crippen LogP contribution is 2.34. The number of aromatic nitrogens is 1. The molecule has 0 bridgehead atoms. The Hall–Kier alpha value is -2.44. The SMILES string of the molecule is C/C=C\C=C(/N1C=NC(CN(C(C)C)[C@H]2CCCc3cccnc32)=CC1)N1CCCC(N(C)C)C1.CC. The van der Waals surface area contributed by atoms with Crippen molar-refractivity contribution in [2.45, 2.75) is 84.8 Å². The van der Waals surface area contributed by atoms with Crippen LogP contribution >= 0.6 is 0 Å². The van der Waals surface area contributed by atoms with Gasteiger partial charge in [0, 0.05) is 44.5 Å². The average Bonchev–Trinajstić information content (AvgIpc) is 2.93. The van der Waals surface area contributed by atoms with Gasteiger partial charge in [-0.1, -0.05) is 32.1 Å². The first kappa shape index (κ1) is 29.1. The number of aryl methyl sites for hydroxylation is 1. The Bertz CT molecular complexity index is 960. The second-order valence-electron chi connectivity index (χ2n) is 10.6. The van der Waals surface area contributed by atoms with E-state index < -0.39 is 0 Å². The third-order valence-electron chi connectivity index (χ3n) is 7.64. The lowest BCUT2D eigenvalue weighted by molar-refractivity contribution is 0.140. The zero-order valence-electron chi connectivity index (χ0n) is 24.4. The molecule has 0 saturated carbocycles. The molecule has 0 radical (unpaired) electrons. The van der Waals surface area contributed by atoms with Crippen LogP contribution in [-0.2, 0) is 6.42 Å². The van der Waals surface area contributed by atoms with Crippen molar-refractivity contribution in [2.75, 3.05) is 40.3 Å². The van der Waals surface area contributed by atoms with Crippen LogP contribution in [0.5, 0.6) is 0 Å². The average molecular weight is 507 g/mol. The van der Waals surface area contributed by atoms with E-state index in [-0.39, 0.29) is 0 Å². The number of rotatable bonds is 8. The topological polar surface area (TPSA) is 38.2 Å². The molecule has 0 amide bonds. The monoisotopic (exact) mass is 506 g/mol. The minimum Gasteiger partial charge on any atom is -0.356 e. The Morgan fingerprint density at radius 3 is 2.68 bits per heavy atom. The fraction of sp³-hybridized carbons (Fsp3) is 0.613. The highest BCUT2D eigenvalue weighted by Gasteiger charge is 2.30. The molecule has 4 rings (SSSR count). The fourth-order valence-electron chi connectivity index (χ4n) is 5.60. The van der Waals surface area contributed by atoms with E-state index in [9.17, 15) is 0 Å². The number of pyridine rings is 1. The minimum atomic E-state index is 0.371. The van der Waals surface area contributed by atoms with Crippen LogP contribution in [0.15, 0.2) is 59.1 Å². The van der Waals surface area contributed by atoms with Gasteiger partial charge in [-0.25, -0.2) is 4.99 Å². The molecule has 6 nitrogen and oxygen atoms in total. The smallest absolute Gasteiger partial charge is 0.109 e. The quantitative estimate of drug-likeness (QED) is 0.413. The standard InChI is InChI=1S/C29H44N6.C2H6/c1-6-7-15-28(33-18-10-13-26(21-33)32(4)5)34-19-16-25(31-22-34)20-35(23(2)3)27-14-8-11-24-12-9-17-30-29(24)27;1-2/h6-7,9,12,15-17,22-23,26-27H,8,10-11,13-14,18-21H2,1-5H3;1-2H3/b7-6-,28-15-;/t26?,27-;/m0./s1. The number of allylic oxidation sites excluding steroid dienone is 3. The van der Waals surface area contributed by atoms with Crippen molar-refractivity contribution in [3.05, 3.63) is 65.4 Å². The molecular formula is C31H50N6. The van der Waals surface area contributed by atoms with Crippen molar-refractivity contribution in [2.24, 2.45) is 4.99 Å². The molecule has 1 aliphatic carbocycles. The van der Waals surface area contributed by atoms with E-state index in [1.165, 1.54) is 42.8 Å². The van der Waals surface area contributed by atoms with E-state index in [1.54, 1.807) is 0 Å². The first-order valence-electron chi connectivity index (χ1n) is 14.4. The summed E-state index contributed by atoms with van der Waals surface area (Å²) in [5.41, 5.74) is 3.85. The van der Waals surface area contributed by atoms with Crippen LogP contribution in [0, 0.1) is 0 Å². The summed E-state index contributed by atoms with van der Waals surface area (Å²) in [5, 5.41) is 0. The van der Waals surface area contributed by atoms with Gasteiger partial charge < -0.3 is 14.7 Å². The van der Waals surface area contributed by atoms with Crippen LogP contribution < -0.4 is 0 Å². The third kappa shape index (κ3) is 7.55. The van der Waals surface area contributed by atoms with E-state index in [0.717, 1.165) is 38.3 Å². The summed E-state index contributed by atoms with van der Waals surface area (Å²) in [5.74, 6) is 1.25. The molecule has 1 saturated heterocycles. The Balaban J connectivity index is 0.00000186. The van der Waals surface area contributed by atoms with Gasteiger partial charge in [-0.2, -0.15) is 0 Å². The Kier molecular flexibility index (Phi) is 11.4. The lowest BCUT2D eigenvalue weighted by atomic mass is 9.90. The zero-order chi connectivity index (χ0) is 26.8. The number of hydrogen-bond donors (Lipinski definition) is 0. The molecule has 1 fully saturated rings. The van der Waals surface area contributed by atoms with E-state index in [0.29, 0.717) is 18.1 Å². The van der Waals surface area contributed by atoms with Crippen molar-refractivity contribution < 1.29 is 0 Å². The van der Waals surface area contributed by atoms with Gasteiger partial charge >= 0.3 is 0 Å². The van der Waals surface area contributed by atoms with Crippen LogP contribution in [-0.4, -0.2) is 83.3 Å². The van der Waals surface area contributed by atoms with Crippen molar-refractivity contribution in [1.29, 1.82) is 0 Å². The highest BCUT2D eigenvalue weighted by atomic mass is 15.4. The molecule has 1 aromatic rings. The normalized spacial score (nSPS) is 22.4. The largest absolute Gasteiger partial charge is 0.356 e. The second kappa shape index (κ2) is 14.5. The molecule has 37 heavy (non-hydrogen) atoms. The molecule has 3 heterocycles. The van der Waals surface area contributed by atoms with Crippen LogP contribution in [0.1, 0.15) is 77.6 Å². The van der Waals surface area contributed by atoms with Gasteiger partial charge in [0.1, 0.15) is 5.82 Å². The fourth-order valence-corrected chi connectivity index (χ4v) is 5.60. The minimum absolute atomic E-state index is 0.371. The van der Waals surface area contributed by atoms with Gasteiger partial charge in [-0.05, 0) is 90.8 Å². The molecule has 0 N–H and O–H groups in total. The van der Waals surface area contributed by atoms with E-state index in [2.05, 4.69) is 97.2 Å². The second-order valence-corrected chi connectivity index (χ2v) is 10.6. The summed E-state index contributed by atoms with van der Waals surface area (Å²) < 4.78 is 0. The summed E-state index contributed by atoms with van der Waals surface area (Å²) in [4.78, 5) is 19.5. The molecular weight excluding hydrogens is 456 g/mol. The zero-order valence-corrected chi connectivity index (χ0v) is 24.4. The van der Waals surface area contributed by atoms with E-state index in [1.807, 2.05) is 20.0 Å². The summed E-state index contributed by atoms with van der Waals surface area (Å²) in [6, 6.07) is 5.73. The predicted molar refractivity (Wildman–Crippen MR) is 158 cm³/mol. The van der Waals surface area contributed by atoms with Gasteiger partial charge in [-0.15, -0.1) is 0 Å². The number of likely N-dealkylation sites (N-methyl/N-ethyl adjacent to an activating group) is 1. The Labute approximate surface area is 226 Å². The van der Waals surface area contributed by atoms with Crippen LogP contribution in [0.25, 0.3) is 0 Å². The predicted octanol–water partition coefficient (Wildman–Crippen LogP) is 5.87. The molecule has 6 heteroatoms. The van der Waals surface area contributed by atoms with Gasteiger partial charge in [0.2, 0.25) is 0 Å². The third-order valence-corrected chi connectivity index (χ3v) is 7.64. The van der Waals surface area contributed by atoms with Crippen LogP contribution in [0.2, 0.25) is 0 Å². The molecule has 1 aromatic heterocycles. The molecule has 2 aliphatic heterocycles. The summed E-state index contributed by atoms with van der Waals surface area (Å²) in [7, 11) is 4.39. The molecule has 0 aromatic carbocycles. The number of nitrogens with zero attached hydrogens (tertiary/aromatic N) is 6. The first-order valence-corrected chi connectivity index (χ1v) is 14.4. The summed E-state index contributed by atoms with van der Waals surface area (Å²) >= 11 is 0. The Morgan fingerprint density at radius 1 is 1.19 bits per heavy atom. The number of likely N-dealkylation sites (tertiary alicyclic amines) is 1. The van der Waals surface area contributed by atoms with Gasteiger partial charge in [0.15, 0.2) is 0 Å². The number of hydrogen-bond acceptors (Lipinski definition) is 6. The molecule has 1 unspecified atom stereocenters. The maximum Gasteiger partial charge on any atom is 0.109 e. The number of piperidine rings is 1. The van der Waals surface area contributed by atoms with Gasteiger partial charge in [0.05, 0.1) is 23.8 Å². The summed E-state index contributed by atoms with van der Waals surface area (Å²) in [6.07, 6.45) is 18.8. The van der Waals surface area contributed by atoms with E-state index >= 15 is 0 Å². The van der Waals surface area contributed by atoms with Crippen molar-refractivity contribution in [3.63, 3.8) is 0 Å². The maximum absolute atomic E-state index is 4.96. The van der Waals surface area contributed by atoms with Crippen molar-refractivity contribution >= 4 is 6.34 Å². The maximum atomic E-state index is 4.96. The lowest BCUT2D eigenvalue weighted by Crippen LogP contribution is -2.47. The number of fused-ring (bicyclic) bond motifs is 1. The molecule has 3 aliphatic rings. The van der Waals surface area contributed by atoms with Gasteiger partial charge in [0.25, 0.3) is 0 Å². The molecule has 2 atom stereocenters. The first-order chi connectivity index (χ1) is 18.0. The van der Waals surface area contributed by atoms with Crippen molar-refractivity contribution in [1.82, 2.24) is 24.6 Å². The highest BCUT2D eigenvalue weighted by molar-refractivity contribution is 5.62. The van der Waals surface area contributed by atoms with Gasteiger partial charge in [-0.3, -0.25) is 9.88 Å². The lowest BCUT2D eigenvalue weighted by Gasteiger charge is -2.41. The van der Waals surface area contributed by atoms with Crippen LogP contribution in [0.3, 0.4) is 0 Å². The van der Waals surface area contributed by atoms with Crippen molar-refractivity contribution in [3.8, 4) is 0 Å². The van der Waals surface area contributed by atoms with E-state index in [4.69, 9.17) is 9.98 Å². The Morgan fingerprint density at radius 2 is 2.00 bits per heavy atom. The number of aliphatic imine (C=N–C) groups is 1. The summed E-state index contributed by atoms with van der Waals surface area (Å²) in [6.45, 7) is 14.6. The molecule has 204 valence electrons.